The molecule has 4 heteroatoms. The summed E-state index contributed by atoms with van der Waals surface area (Å²) in [5.74, 6) is 0. The van der Waals surface area contributed by atoms with Gasteiger partial charge in [0.2, 0.25) is 0 Å². The van der Waals surface area contributed by atoms with Crippen molar-refractivity contribution in [1.82, 2.24) is 0 Å². The molecular weight excluding hydrogens is 264 g/mol. The third kappa shape index (κ3) is 3.51. The van der Waals surface area contributed by atoms with E-state index in [1.165, 1.54) is 11.1 Å². The lowest BCUT2D eigenvalue weighted by molar-refractivity contribution is 0.632. The van der Waals surface area contributed by atoms with Crippen LogP contribution in [0.25, 0.3) is 0 Å². The summed E-state index contributed by atoms with van der Waals surface area (Å²) in [7, 11) is 0. The van der Waals surface area contributed by atoms with Gasteiger partial charge in [0.25, 0.3) is 10.9 Å². The molecule has 0 spiro atoms. The van der Waals surface area contributed by atoms with E-state index >= 15 is 0 Å². The topological polar surface area (TPSA) is 58.2 Å². The molecule has 0 fully saturated rings. The highest BCUT2D eigenvalue weighted by atomic mass is 16.2. The number of aryl methyl sites for hydroxylation is 2. The average Bonchev–Trinajstić information content (AvgIpc) is 2.34. The van der Waals surface area contributed by atoms with Crippen molar-refractivity contribution in [2.45, 2.75) is 46.7 Å². The predicted molar refractivity (Wildman–Crippen MR) is 88.0 cm³/mol. The Kier molecular flexibility index (Phi) is 3.90. The molecule has 21 heavy (non-hydrogen) atoms. The van der Waals surface area contributed by atoms with Gasteiger partial charge in [0.15, 0.2) is 0 Å². The van der Waals surface area contributed by atoms with Gasteiger partial charge in [-0.3, -0.25) is 9.59 Å². The fraction of sp³-hybridized carbons (Fsp3) is 0.412. The Labute approximate surface area is 124 Å². The maximum atomic E-state index is 11.7. The zero-order valence-electron chi connectivity index (χ0n) is 13.3. The van der Waals surface area contributed by atoms with Crippen molar-refractivity contribution in [3.8, 4) is 0 Å². The van der Waals surface area contributed by atoms with Crippen molar-refractivity contribution < 1.29 is 0 Å². The van der Waals surface area contributed by atoms with Gasteiger partial charge in [-0.1, -0.05) is 29.3 Å². The van der Waals surface area contributed by atoms with Crippen molar-refractivity contribution >= 4 is 11.4 Å². The maximum Gasteiger partial charge on any atom is 0.253 e. The quantitative estimate of drug-likeness (QED) is 0.849. The minimum Gasteiger partial charge on any atom is -0.376 e. The highest BCUT2D eigenvalue weighted by Crippen LogP contribution is 2.20. The maximum absolute atomic E-state index is 11.7. The molecule has 2 rings (SSSR count). The first-order valence-electron chi connectivity index (χ1n) is 7.10. The molecule has 0 radical (unpaired) electrons. The second-order valence-corrected chi connectivity index (χ2v) is 6.63. The van der Waals surface area contributed by atoms with Gasteiger partial charge in [0.05, 0.1) is 0 Å². The van der Waals surface area contributed by atoms with E-state index in [1.54, 1.807) is 0 Å². The fourth-order valence-electron chi connectivity index (χ4n) is 2.42. The Morgan fingerprint density at radius 3 is 1.95 bits per heavy atom. The second kappa shape index (κ2) is 5.35. The Bertz CT molecular complexity index is 712. The first-order valence-corrected chi connectivity index (χ1v) is 7.10. The molecule has 0 amide bonds. The van der Waals surface area contributed by atoms with Crippen LogP contribution in [0.1, 0.15) is 37.5 Å². The molecule has 0 aliphatic rings. The second-order valence-electron chi connectivity index (χ2n) is 6.63. The fourth-order valence-corrected chi connectivity index (χ4v) is 2.42. The van der Waals surface area contributed by atoms with Gasteiger partial charge in [-0.25, -0.2) is 0 Å². The predicted octanol–water partition coefficient (Wildman–Crippen LogP) is 2.72. The molecule has 0 aliphatic heterocycles. The van der Waals surface area contributed by atoms with Crippen LogP contribution in [0.4, 0.5) is 11.4 Å². The van der Waals surface area contributed by atoms with Crippen molar-refractivity contribution in [3.63, 3.8) is 0 Å². The molecule has 2 aromatic carbocycles. The van der Waals surface area contributed by atoms with E-state index in [1.807, 2.05) is 34.6 Å². The average molecular weight is 286 g/mol. The summed E-state index contributed by atoms with van der Waals surface area (Å²) in [5.41, 5.74) is 3.14. The van der Waals surface area contributed by atoms with Gasteiger partial charge in [-0.15, -0.1) is 0 Å². The van der Waals surface area contributed by atoms with E-state index in [4.69, 9.17) is 0 Å². The van der Waals surface area contributed by atoms with Crippen LogP contribution in [0.2, 0.25) is 0 Å². The highest BCUT2D eigenvalue weighted by molar-refractivity contribution is 5.74. The van der Waals surface area contributed by atoms with Crippen molar-refractivity contribution in [3.05, 3.63) is 55.3 Å². The van der Waals surface area contributed by atoms with Crippen LogP contribution in [0.5, 0.6) is 0 Å². The lowest BCUT2D eigenvalue weighted by Crippen LogP contribution is -2.41. The molecule has 2 N–H and O–H groups in total. The van der Waals surface area contributed by atoms with Crippen LogP contribution in [-0.2, 0) is 6.54 Å². The highest BCUT2D eigenvalue weighted by Gasteiger charge is 2.24. The Balaban J connectivity index is 2.16. The molecule has 0 saturated carbocycles. The molecule has 0 aromatic heterocycles. The molecule has 0 atom stereocenters. The summed E-state index contributed by atoms with van der Waals surface area (Å²) in [6.07, 6.45) is 0. The molecule has 0 saturated heterocycles. The molecule has 0 aliphatic carbocycles. The Morgan fingerprint density at radius 1 is 0.905 bits per heavy atom. The molecule has 0 unspecified atom stereocenters. The molecular formula is C17H22N2O2. The van der Waals surface area contributed by atoms with E-state index in [9.17, 15) is 9.59 Å². The van der Waals surface area contributed by atoms with Crippen LogP contribution in [0, 0.1) is 13.8 Å². The van der Waals surface area contributed by atoms with Crippen LogP contribution >= 0.6 is 0 Å². The first-order chi connectivity index (χ1) is 9.67. The van der Waals surface area contributed by atoms with Gasteiger partial charge in [0.1, 0.15) is 11.4 Å². The lowest BCUT2D eigenvalue weighted by atomic mass is 10.1. The monoisotopic (exact) mass is 286 g/mol. The number of hydrogen-bond donors (Lipinski definition) is 2. The first kappa shape index (κ1) is 15.3. The smallest absolute Gasteiger partial charge is 0.253 e. The van der Waals surface area contributed by atoms with Crippen LogP contribution in [-0.4, -0.2) is 5.54 Å². The van der Waals surface area contributed by atoms with Crippen molar-refractivity contribution in [2.75, 3.05) is 10.6 Å². The van der Waals surface area contributed by atoms with E-state index in [-0.39, 0.29) is 5.54 Å². The largest absolute Gasteiger partial charge is 0.376 e. The van der Waals surface area contributed by atoms with Gasteiger partial charge in [-0.2, -0.15) is 0 Å². The van der Waals surface area contributed by atoms with E-state index in [0.29, 0.717) is 17.9 Å². The summed E-state index contributed by atoms with van der Waals surface area (Å²) in [5, 5.41) is 6.18. The molecule has 0 bridgehead atoms. The number of benzene rings is 1. The van der Waals surface area contributed by atoms with E-state index in [2.05, 4.69) is 28.8 Å². The van der Waals surface area contributed by atoms with Crippen molar-refractivity contribution in [1.29, 1.82) is 0 Å². The Morgan fingerprint density at radius 2 is 1.43 bits per heavy atom. The summed E-state index contributed by atoms with van der Waals surface area (Å²) >= 11 is 0. The normalized spacial score (nSPS) is 11.7. The minimum absolute atomic E-state index is 0.251. The van der Waals surface area contributed by atoms with Crippen LogP contribution in [0.15, 0.2) is 27.8 Å². The summed E-state index contributed by atoms with van der Waals surface area (Å²) in [4.78, 5) is 23.4. The third-order valence-electron chi connectivity index (χ3n) is 3.16. The van der Waals surface area contributed by atoms with Crippen molar-refractivity contribution in [2.24, 2.45) is 0 Å². The molecule has 0 heterocycles. The SMILES string of the molecule is Cc1cc(C)cc(CNc2c(NC(C)(C)C)c(=O)c2=O)c1. The van der Waals surface area contributed by atoms with Crippen LogP contribution in [0.3, 0.4) is 0 Å². The molecule has 112 valence electrons. The number of nitrogens with one attached hydrogen (secondary N) is 2. The molecule has 2 aromatic rings. The molecule has 4 nitrogen and oxygen atoms in total. The summed E-state index contributed by atoms with van der Waals surface area (Å²) in [6.45, 7) is 10.5. The van der Waals surface area contributed by atoms with Gasteiger partial charge in [-0.05, 0) is 40.2 Å². The van der Waals surface area contributed by atoms with Crippen LogP contribution < -0.4 is 21.5 Å². The standard InChI is InChI=1S/C17H22N2O2/c1-10-6-11(2)8-12(7-10)9-18-13-14(16(21)15(13)20)19-17(3,4)5/h6-8,18-19H,9H2,1-5H3. The Hall–Kier alpha value is -2.10. The summed E-state index contributed by atoms with van der Waals surface area (Å²) < 4.78 is 0. The van der Waals surface area contributed by atoms with E-state index in [0.717, 1.165) is 5.56 Å². The summed E-state index contributed by atoms with van der Waals surface area (Å²) in [6, 6.07) is 6.25. The zero-order chi connectivity index (χ0) is 15.8. The lowest BCUT2D eigenvalue weighted by Gasteiger charge is -2.25. The van der Waals surface area contributed by atoms with E-state index < -0.39 is 10.9 Å². The van der Waals surface area contributed by atoms with Gasteiger partial charge < -0.3 is 10.6 Å². The zero-order valence-corrected chi connectivity index (χ0v) is 13.3. The number of anilines is 2. The number of rotatable bonds is 4. The van der Waals surface area contributed by atoms with Gasteiger partial charge in [0, 0.05) is 12.1 Å². The van der Waals surface area contributed by atoms with Gasteiger partial charge >= 0.3 is 0 Å². The number of hydrogen-bond acceptors (Lipinski definition) is 4. The third-order valence-corrected chi connectivity index (χ3v) is 3.16. The minimum atomic E-state index is -0.439.